The van der Waals surface area contributed by atoms with Gasteiger partial charge < -0.3 is 5.73 Å². The highest BCUT2D eigenvalue weighted by Crippen LogP contribution is 2.15. The first-order chi connectivity index (χ1) is 8.93. The number of Topliss-reactive ketones (excluding diaryl/α,β-unsaturated/α-hetero) is 2. The number of nitrogens with zero attached hydrogens (tertiary/aromatic N) is 2. The molecule has 0 bridgehead atoms. The van der Waals surface area contributed by atoms with Gasteiger partial charge in [-0.05, 0) is 12.8 Å². The Hall–Kier alpha value is -1.38. The molecule has 2 rings (SSSR count). The van der Waals surface area contributed by atoms with Crippen LogP contribution in [-0.2, 0) is 19.6 Å². The minimum atomic E-state index is -4.01. The van der Waals surface area contributed by atoms with Crippen LogP contribution in [0.5, 0.6) is 0 Å². The van der Waals surface area contributed by atoms with E-state index in [4.69, 9.17) is 5.73 Å². The quantitative estimate of drug-likeness (QED) is 0.677. The number of aliphatic imine (C=N–C) groups is 1. The number of allylic oxidation sites excluding steroid dienone is 1. The predicted molar refractivity (Wildman–Crippen MR) is 68.9 cm³/mol. The molecular weight excluding hydrogens is 270 g/mol. The summed E-state index contributed by atoms with van der Waals surface area (Å²) in [6, 6.07) is -0.635. The molecule has 19 heavy (non-hydrogen) atoms. The average molecular weight is 285 g/mol. The van der Waals surface area contributed by atoms with Crippen LogP contribution in [0.4, 0.5) is 0 Å². The number of ketones is 2. The van der Waals surface area contributed by atoms with E-state index in [1.807, 2.05) is 0 Å². The molecule has 0 aromatic rings. The number of hydrogen-bond acceptors (Lipinski definition) is 6. The van der Waals surface area contributed by atoms with Gasteiger partial charge in [0.15, 0.2) is 11.6 Å². The summed E-state index contributed by atoms with van der Waals surface area (Å²) < 4.78 is 25.6. The Morgan fingerprint density at radius 2 is 2.11 bits per heavy atom. The van der Waals surface area contributed by atoms with Gasteiger partial charge in [-0.25, -0.2) is 13.4 Å². The zero-order valence-electron chi connectivity index (χ0n) is 10.3. The SMILES string of the molecule is NC1CCCN(S(=O)(=O)C2=NC=CCC2=O)CC1=O. The van der Waals surface area contributed by atoms with Crippen molar-refractivity contribution < 1.29 is 18.0 Å². The van der Waals surface area contributed by atoms with Gasteiger partial charge in [-0.15, -0.1) is 0 Å². The summed E-state index contributed by atoms with van der Waals surface area (Å²) in [4.78, 5) is 26.9. The second kappa shape index (κ2) is 5.32. The highest BCUT2D eigenvalue weighted by Gasteiger charge is 2.36. The molecule has 0 radical (unpaired) electrons. The molecule has 1 atom stereocenters. The first-order valence-corrected chi connectivity index (χ1v) is 7.41. The van der Waals surface area contributed by atoms with Crippen LogP contribution in [-0.4, -0.2) is 48.5 Å². The number of carbonyl (C=O) groups is 2. The Labute approximate surface area is 111 Å². The van der Waals surface area contributed by atoms with Crippen molar-refractivity contribution in [2.75, 3.05) is 13.1 Å². The molecule has 0 spiro atoms. The molecule has 2 heterocycles. The third-order valence-corrected chi connectivity index (χ3v) is 4.90. The van der Waals surface area contributed by atoms with Crippen LogP contribution in [0.1, 0.15) is 19.3 Å². The van der Waals surface area contributed by atoms with E-state index < -0.39 is 26.9 Å². The van der Waals surface area contributed by atoms with Crippen molar-refractivity contribution >= 4 is 26.6 Å². The molecule has 0 aliphatic carbocycles. The van der Waals surface area contributed by atoms with E-state index in [1.165, 1.54) is 12.3 Å². The van der Waals surface area contributed by atoms with Crippen LogP contribution < -0.4 is 5.73 Å². The van der Waals surface area contributed by atoms with Crippen LogP contribution in [0.3, 0.4) is 0 Å². The Balaban J connectivity index is 2.29. The van der Waals surface area contributed by atoms with Gasteiger partial charge in [0.25, 0.3) is 10.0 Å². The molecule has 8 heteroatoms. The summed E-state index contributed by atoms with van der Waals surface area (Å²) in [6.45, 7) is -0.114. The highest BCUT2D eigenvalue weighted by molar-refractivity contribution is 8.06. The Bertz CT molecular complexity index is 564. The second-order valence-electron chi connectivity index (χ2n) is 4.50. The molecule has 0 amide bonds. The van der Waals surface area contributed by atoms with Crippen LogP contribution >= 0.6 is 0 Å². The summed E-state index contributed by atoms with van der Waals surface area (Å²) in [5.74, 6) is -0.885. The molecular formula is C11H15N3O4S. The van der Waals surface area contributed by atoms with Crippen molar-refractivity contribution in [3.8, 4) is 0 Å². The number of carbonyl (C=O) groups excluding carboxylic acids is 2. The van der Waals surface area contributed by atoms with Gasteiger partial charge in [0.05, 0.1) is 12.6 Å². The largest absolute Gasteiger partial charge is 0.321 e. The number of hydrogen-bond donors (Lipinski definition) is 1. The monoisotopic (exact) mass is 285 g/mol. The van der Waals surface area contributed by atoms with E-state index >= 15 is 0 Å². The number of nitrogens with two attached hydrogens (primary N) is 1. The van der Waals surface area contributed by atoms with Gasteiger partial charge >= 0.3 is 0 Å². The van der Waals surface area contributed by atoms with Gasteiger partial charge in [-0.1, -0.05) is 6.08 Å². The standard InChI is InChI=1S/C11H15N3O4S/c12-8-3-2-6-14(7-10(8)16)19(17,18)11-9(15)4-1-5-13-11/h1,5,8H,2-4,6-7,12H2. The van der Waals surface area contributed by atoms with Gasteiger partial charge in [0, 0.05) is 19.2 Å². The van der Waals surface area contributed by atoms with Gasteiger partial charge in [-0.3, -0.25) is 9.59 Å². The smallest absolute Gasteiger partial charge is 0.264 e. The van der Waals surface area contributed by atoms with Gasteiger partial charge in [-0.2, -0.15) is 4.31 Å². The molecule has 104 valence electrons. The maximum absolute atomic E-state index is 12.3. The van der Waals surface area contributed by atoms with E-state index in [2.05, 4.69) is 4.99 Å². The molecule has 2 N–H and O–H groups in total. The lowest BCUT2D eigenvalue weighted by atomic mass is 10.1. The third-order valence-electron chi connectivity index (χ3n) is 3.09. The van der Waals surface area contributed by atoms with Crippen molar-refractivity contribution in [3.05, 3.63) is 12.3 Å². The molecule has 1 unspecified atom stereocenters. The van der Waals surface area contributed by atoms with Crippen molar-refractivity contribution in [2.24, 2.45) is 10.7 Å². The van der Waals surface area contributed by atoms with Crippen LogP contribution in [0.25, 0.3) is 0 Å². The predicted octanol–water partition coefficient (Wildman–Crippen LogP) is -0.807. The zero-order valence-corrected chi connectivity index (χ0v) is 11.1. The van der Waals surface area contributed by atoms with Crippen LogP contribution in [0.15, 0.2) is 17.3 Å². The van der Waals surface area contributed by atoms with Crippen molar-refractivity contribution in [2.45, 2.75) is 25.3 Å². The van der Waals surface area contributed by atoms with Gasteiger partial charge in [0.2, 0.25) is 5.04 Å². The molecule has 0 aromatic carbocycles. The lowest BCUT2D eigenvalue weighted by molar-refractivity contribution is -0.120. The van der Waals surface area contributed by atoms with Gasteiger partial charge in [0.1, 0.15) is 0 Å². The number of rotatable bonds is 1. The minimum absolute atomic E-state index is 0.0133. The summed E-state index contributed by atoms with van der Waals surface area (Å²) >= 11 is 0. The normalized spacial score (nSPS) is 26.2. The molecule has 0 saturated carbocycles. The molecule has 0 aromatic heterocycles. The fourth-order valence-electron chi connectivity index (χ4n) is 2.00. The van der Waals surface area contributed by atoms with Crippen molar-refractivity contribution in [3.63, 3.8) is 0 Å². The second-order valence-corrected chi connectivity index (χ2v) is 6.35. The molecule has 1 saturated heterocycles. The lowest BCUT2D eigenvalue weighted by Gasteiger charge is -2.20. The molecule has 1 fully saturated rings. The highest BCUT2D eigenvalue weighted by atomic mass is 32.2. The van der Waals surface area contributed by atoms with E-state index in [-0.39, 0.29) is 25.3 Å². The Morgan fingerprint density at radius 3 is 2.79 bits per heavy atom. The van der Waals surface area contributed by atoms with E-state index in [1.54, 1.807) is 0 Å². The lowest BCUT2D eigenvalue weighted by Crippen LogP contribution is -2.44. The van der Waals surface area contributed by atoms with Crippen molar-refractivity contribution in [1.29, 1.82) is 0 Å². The molecule has 7 nitrogen and oxygen atoms in total. The maximum Gasteiger partial charge on any atom is 0.264 e. The van der Waals surface area contributed by atoms with E-state index in [0.29, 0.717) is 12.8 Å². The average Bonchev–Trinajstić information content (AvgIpc) is 2.53. The van der Waals surface area contributed by atoms with E-state index in [0.717, 1.165) is 4.31 Å². The summed E-state index contributed by atoms with van der Waals surface area (Å²) in [5.41, 5.74) is 5.61. The summed E-state index contributed by atoms with van der Waals surface area (Å²) in [7, 11) is -4.01. The van der Waals surface area contributed by atoms with E-state index in [9.17, 15) is 18.0 Å². The third kappa shape index (κ3) is 2.80. The summed E-state index contributed by atoms with van der Waals surface area (Å²) in [6.07, 6.45) is 3.73. The minimum Gasteiger partial charge on any atom is -0.321 e. The van der Waals surface area contributed by atoms with Crippen molar-refractivity contribution in [1.82, 2.24) is 4.31 Å². The summed E-state index contributed by atoms with van der Waals surface area (Å²) in [5, 5.41) is -0.488. The first-order valence-electron chi connectivity index (χ1n) is 5.97. The topological polar surface area (TPSA) is 110 Å². The maximum atomic E-state index is 12.3. The Morgan fingerprint density at radius 1 is 1.37 bits per heavy atom. The zero-order chi connectivity index (χ0) is 14.0. The van der Waals surface area contributed by atoms with Crippen LogP contribution in [0, 0.1) is 0 Å². The molecule has 2 aliphatic rings. The van der Waals surface area contributed by atoms with Crippen LogP contribution in [0.2, 0.25) is 0 Å². The first kappa shape index (κ1) is 14.0. The fourth-order valence-corrected chi connectivity index (χ4v) is 3.47. The Kier molecular flexibility index (Phi) is 3.93. The fraction of sp³-hybridized carbons (Fsp3) is 0.545. The number of sulfonamides is 1. The molecule has 2 aliphatic heterocycles.